The van der Waals surface area contributed by atoms with Crippen LogP contribution in [0.4, 0.5) is 4.39 Å². The molecule has 0 unspecified atom stereocenters. The molecule has 0 atom stereocenters. The third-order valence-electron chi connectivity index (χ3n) is 3.43. The van der Waals surface area contributed by atoms with Gasteiger partial charge in [-0.3, -0.25) is 14.6 Å². The number of benzene rings is 1. The third-order valence-corrected chi connectivity index (χ3v) is 3.43. The zero-order chi connectivity index (χ0) is 15.5. The quantitative estimate of drug-likeness (QED) is 0.940. The Kier molecular flexibility index (Phi) is 3.78. The lowest BCUT2D eigenvalue weighted by atomic mass is 9.97. The van der Waals surface area contributed by atoms with Crippen molar-refractivity contribution in [2.75, 3.05) is 6.54 Å². The number of aromatic nitrogens is 1. The Morgan fingerprint density at radius 1 is 1.14 bits per heavy atom. The number of carbonyl (C=O) groups excluding carboxylic acids is 2. The van der Waals surface area contributed by atoms with Crippen molar-refractivity contribution in [1.29, 1.82) is 0 Å². The van der Waals surface area contributed by atoms with E-state index in [-0.39, 0.29) is 28.8 Å². The SMILES string of the molecule is O=C1C=C(NCCc2cccc(F)c2)C(=O)c2ncccc21. The van der Waals surface area contributed by atoms with E-state index in [0.717, 1.165) is 5.56 Å². The van der Waals surface area contributed by atoms with Crippen LogP contribution < -0.4 is 5.32 Å². The largest absolute Gasteiger partial charge is 0.381 e. The number of nitrogens with one attached hydrogen (secondary N) is 1. The number of carbonyl (C=O) groups is 2. The minimum absolute atomic E-state index is 0.170. The molecule has 1 aromatic heterocycles. The van der Waals surface area contributed by atoms with E-state index in [1.165, 1.54) is 24.4 Å². The van der Waals surface area contributed by atoms with Gasteiger partial charge in [-0.25, -0.2) is 4.39 Å². The maximum atomic E-state index is 13.1. The molecule has 1 aliphatic rings. The first-order valence-electron chi connectivity index (χ1n) is 6.89. The van der Waals surface area contributed by atoms with Crippen LogP contribution in [0.3, 0.4) is 0 Å². The second-order valence-electron chi connectivity index (χ2n) is 4.96. The zero-order valence-corrected chi connectivity index (χ0v) is 11.7. The van der Waals surface area contributed by atoms with E-state index >= 15 is 0 Å². The molecule has 22 heavy (non-hydrogen) atoms. The van der Waals surface area contributed by atoms with Crippen LogP contribution in [-0.4, -0.2) is 23.1 Å². The third kappa shape index (κ3) is 2.79. The molecule has 4 nitrogen and oxygen atoms in total. The van der Waals surface area contributed by atoms with Crippen LogP contribution in [0.1, 0.15) is 26.4 Å². The van der Waals surface area contributed by atoms with Gasteiger partial charge in [0.2, 0.25) is 5.78 Å². The summed E-state index contributed by atoms with van der Waals surface area (Å²) in [6.45, 7) is 0.427. The lowest BCUT2D eigenvalue weighted by molar-refractivity contribution is 0.0974. The zero-order valence-electron chi connectivity index (χ0n) is 11.7. The highest BCUT2D eigenvalue weighted by Gasteiger charge is 2.26. The highest BCUT2D eigenvalue weighted by molar-refractivity contribution is 6.23. The summed E-state index contributed by atoms with van der Waals surface area (Å²) in [6.07, 6.45) is 3.32. The summed E-state index contributed by atoms with van der Waals surface area (Å²) < 4.78 is 13.1. The van der Waals surface area contributed by atoms with Gasteiger partial charge in [0.1, 0.15) is 11.5 Å². The smallest absolute Gasteiger partial charge is 0.228 e. The summed E-state index contributed by atoms with van der Waals surface area (Å²) >= 11 is 0. The standard InChI is InChI=1S/C17H13FN2O2/c18-12-4-1-3-11(9-12)6-8-19-14-10-15(21)13-5-2-7-20-16(13)17(14)22/h1-5,7,9-10,19H,6,8H2. The number of halogens is 1. The summed E-state index contributed by atoms with van der Waals surface area (Å²) in [5, 5.41) is 2.94. The van der Waals surface area contributed by atoms with Crippen LogP contribution in [0.15, 0.2) is 54.4 Å². The van der Waals surface area contributed by atoms with Gasteiger partial charge in [-0.1, -0.05) is 12.1 Å². The van der Waals surface area contributed by atoms with E-state index in [4.69, 9.17) is 0 Å². The molecular weight excluding hydrogens is 283 g/mol. The summed E-state index contributed by atoms with van der Waals surface area (Å²) in [5.41, 5.74) is 1.54. The maximum Gasteiger partial charge on any atom is 0.228 e. The lowest BCUT2D eigenvalue weighted by Crippen LogP contribution is -2.29. The molecule has 1 N–H and O–H groups in total. The van der Waals surface area contributed by atoms with Crippen molar-refractivity contribution in [3.05, 3.63) is 77.0 Å². The van der Waals surface area contributed by atoms with Crippen LogP contribution in [0, 0.1) is 5.82 Å². The van der Waals surface area contributed by atoms with Crippen LogP contribution in [0.2, 0.25) is 0 Å². The molecule has 1 heterocycles. The molecule has 0 aliphatic heterocycles. The van der Waals surface area contributed by atoms with Crippen LogP contribution in [0.5, 0.6) is 0 Å². The topological polar surface area (TPSA) is 59.1 Å². The molecule has 0 spiro atoms. The normalized spacial score (nSPS) is 13.6. The maximum absolute atomic E-state index is 13.1. The van der Waals surface area contributed by atoms with Crippen LogP contribution in [-0.2, 0) is 6.42 Å². The Morgan fingerprint density at radius 3 is 2.82 bits per heavy atom. The summed E-state index contributed by atoms with van der Waals surface area (Å²) in [7, 11) is 0. The summed E-state index contributed by atoms with van der Waals surface area (Å²) in [6, 6.07) is 9.48. The molecule has 1 aliphatic carbocycles. The number of hydrogen-bond donors (Lipinski definition) is 1. The predicted molar refractivity (Wildman–Crippen MR) is 79.1 cm³/mol. The number of fused-ring (bicyclic) bond motifs is 1. The number of rotatable bonds is 4. The number of nitrogens with zero attached hydrogens (tertiary/aromatic N) is 1. The molecular formula is C17H13FN2O2. The Morgan fingerprint density at radius 2 is 2.00 bits per heavy atom. The van der Waals surface area contributed by atoms with Crippen molar-refractivity contribution in [1.82, 2.24) is 10.3 Å². The van der Waals surface area contributed by atoms with Gasteiger partial charge in [-0.05, 0) is 36.2 Å². The number of allylic oxidation sites excluding steroid dienone is 2. The first-order valence-corrected chi connectivity index (χ1v) is 6.89. The average Bonchev–Trinajstić information content (AvgIpc) is 2.52. The van der Waals surface area contributed by atoms with Crippen molar-refractivity contribution in [3.8, 4) is 0 Å². The van der Waals surface area contributed by atoms with Gasteiger partial charge in [0.05, 0.1) is 11.3 Å². The molecule has 0 bridgehead atoms. The van der Waals surface area contributed by atoms with E-state index in [9.17, 15) is 14.0 Å². The Bertz CT molecular complexity index is 784. The minimum Gasteiger partial charge on any atom is -0.381 e. The van der Waals surface area contributed by atoms with E-state index in [1.807, 2.05) is 6.07 Å². The van der Waals surface area contributed by atoms with Crippen molar-refractivity contribution < 1.29 is 14.0 Å². The van der Waals surface area contributed by atoms with E-state index in [1.54, 1.807) is 18.2 Å². The molecule has 0 saturated carbocycles. The van der Waals surface area contributed by atoms with Crippen molar-refractivity contribution in [3.63, 3.8) is 0 Å². The minimum atomic E-state index is -0.297. The van der Waals surface area contributed by atoms with Gasteiger partial charge in [-0.2, -0.15) is 0 Å². The van der Waals surface area contributed by atoms with Crippen LogP contribution in [0.25, 0.3) is 0 Å². The molecule has 0 radical (unpaired) electrons. The number of hydrogen-bond acceptors (Lipinski definition) is 4. The van der Waals surface area contributed by atoms with Gasteiger partial charge < -0.3 is 5.32 Å². The summed E-state index contributed by atoms with van der Waals surface area (Å²) in [5.74, 6) is -0.829. The van der Waals surface area contributed by atoms with Gasteiger partial charge in [-0.15, -0.1) is 0 Å². The van der Waals surface area contributed by atoms with Gasteiger partial charge in [0.15, 0.2) is 5.78 Å². The Labute approximate surface area is 126 Å². The Hall–Kier alpha value is -2.82. The molecule has 0 amide bonds. The first kappa shape index (κ1) is 14.1. The van der Waals surface area contributed by atoms with Gasteiger partial charge in [0.25, 0.3) is 0 Å². The predicted octanol–water partition coefficient (Wildman–Crippen LogP) is 2.32. The van der Waals surface area contributed by atoms with Gasteiger partial charge in [0, 0.05) is 18.8 Å². The number of ketones is 2. The van der Waals surface area contributed by atoms with Crippen LogP contribution >= 0.6 is 0 Å². The molecule has 2 aromatic rings. The fourth-order valence-corrected chi connectivity index (χ4v) is 2.35. The molecule has 3 rings (SSSR count). The number of Topliss-reactive ketones (excluding diaryl/α,β-unsaturated/α-hetero) is 1. The van der Waals surface area contributed by atoms with E-state index in [0.29, 0.717) is 18.5 Å². The highest BCUT2D eigenvalue weighted by Crippen LogP contribution is 2.17. The molecule has 1 aromatic carbocycles. The fraction of sp³-hybridized carbons (Fsp3) is 0.118. The average molecular weight is 296 g/mol. The molecule has 0 fully saturated rings. The molecule has 110 valence electrons. The van der Waals surface area contributed by atoms with E-state index < -0.39 is 0 Å². The Balaban J connectivity index is 1.69. The van der Waals surface area contributed by atoms with Crippen molar-refractivity contribution in [2.45, 2.75) is 6.42 Å². The fourth-order valence-electron chi connectivity index (χ4n) is 2.35. The monoisotopic (exact) mass is 296 g/mol. The molecule has 5 heteroatoms. The first-order chi connectivity index (χ1) is 10.6. The highest BCUT2D eigenvalue weighted by atomic mass is 19.1. The van der Waals surface area contributed by atoms with Crippen molar-refractivity contribution >= 4 is 11.6 Å². The molecule has 0 saturated heterocycles. The van der Waals surface area contributed by atoms with Crippen molar-refractivity contribution in [2.24, 2.45) is 0 Å². The van der Waals surface area contributed by atoms with E-state index in [2.05, 4.69) is 10.3 Å². The van der Waals surface area contributed by atoms with Gasteiger partial charge >= 0.3 is 0 Å². The summed E-state index contributed by atoms with van der Waals surface area (Å²) in [4.78, 5) is 28.2. The second kappa shape index (κ2) is 5.89. The number of pyridine rings is 1. The second-order valence-corrected chi connectivity index (χ2v) is 4.96. The lowest BCUT2D eigenvalue weighted by Gasteiger charge is -2.15.